The number of methoxy groups -OCH3 is 1. The van der Waals surface area contributed by atoms with Crippen LogP contribution in [-0.2, 0) is 19.1 Å². The van der Waals surface area contributed by atoms with Gasteiger partial charge in [-0.1, -0.05) is 43.8 Å². The standard InChI is InChI=1S/C11H20O3.C6H6.C3H6O.CH4/c1-9(12)14-8-11-5-3-10(4-6-11)7-13-2;1-2-4-6-5-3-1;1-3(2)4;/h10-11H,3-8H2,1-2H3;1-6H;1-2H3;1H4. The average molecular weight is 353 g/mol. The van der Waals surface area contributed by atoms with Crippen LogP contribution in [0.4, 0.5) is 0 Å². The van der Waals surface area contributed by atoms with E-state index in [9.17, 15) is 9.59 Å². The van der Waals surface area contributed by atoms with Gasteiger partial charge in [0, 0.05) is 20.6 Å². The minimum atomic E-state index is -0.163. The predicted octanol–water partition coefficient (Wildman–Crippen LogP) is 4.92. The molecule has 25 heavy (non-hydrogen) atoms. The topological polar surface area (TPSA) is 52.6 Å². The number of hydrogen-bond acceptors (Lipinski definition) is 4. The number of Topliss-reactive ketones (excluding diaryl/α,β-unsaturated/α-hetero) is 1. The number of hydrogen-bond donors (Lipinski definition) is 0. The fraction of sp³-hybridized carbons (Fsp3) is 0.619. The number of benzene rings is 1. The molecule has 0 saturated heterocycles. The Bertz CT molecular complexity index is 392. The van der Waals surface area contributed by atoms with Crippen molar-refractivity contribution in [2.24, 2.45) is 11.8 Å². The number of esters is 1. The van der Waals surface area contributed by atoms with Crippen molar-refractivity contribution >= 4 is 11.8 Å². The Morgan fingerprint density at radius 3 is 1.40 bits per heavy atom. The Kier molecular flexibility index (Phi) is 17.5. The van der Waals surface area contributed by atoms with Gasteiger partial charge in [-0.25, -0.2) is 0 Å². The molecule has 1 aliphatic rings. The van der Waals surface area contributed by atoms with E-state index >= 15 is 0 Å². The number of carbonyl (C=O) groups excluding carboxylic acids is 2. The molecular formula is C21H36O4. The zero-order valence-electron chi connectivity index (χ0n) is 15.5. The van der Waals surface area contributed by atoms with Crippen LogP contribution in [0.15, 0.2) is 36.4 Å². The summed E-state index contributed by atoms with van der Waals surface area (Å²) in [6.07, 6.45) is 4.75. The summed E-state index contributed by atoms with van der Waals surface area (Å²) in [6, 6.07) is 12.0. The van der Waals surface area contributed by atoms with Gasteiger partial charge >= 0.3 is 5.97 Å². The van der Waals surface area contributed by atoms with Crippen LogP contribution in [0.3, 0.4) is 0 Å². The molecule has 0 aliphatic heterocycles. The van der Waals surface area contributed by atoms with E-state index in [-0.39, 0.29) is 19.2 Å². The van der Waals surface area contributed by atoms with Crippen LogP contribution in [0.25, 0.3) is 0 Å². The minimum Gasteiger partial charge on any atom is -0.466 e. The lowest BCUT2D eigenvalue weighted by molar-refractivity contribution is -0.142. The molecule has 2 rings (SSSR count). The average Bonchev–Trinajstić information content (AvgIpc) is 2.56. The summed E-state index contributed by atoms with van der Waals surface area (Å²) in [7, 11) is 1.75. The predicted molar refractivity (Wildman–Crippen MR) is 103 cm³/mol. The number of ether oxygens (including phenoxy) is 2. The molecule has 144 valence electrons. The van der Waals surface area contributed by atoms with Gasteiger partial charge < -0.3 is 14.3 Å². The molecule has 0 radical (unpaired) electrons. The Morgan fingerprint density at radius 1 is 0.800 bits per heavy atom. The summed E-state index contributed by atoms with van der Waals surface area (Å²) in [5, 5.41) is 0. The monoisotopic (exact) mass is 352 g/mol. The highest BCUT2D eigenvalue weighted by atomic mass is 16.5. The first kappa shape index (κ1) is 25.6. The highest BCUT2D eigenvalue weighted by molar-refractivity contribution is 5.72. The summed E-state index contributed by atoms with van der Waals surface area (Å²) in [4.78, 5) is 20.1. The molecule has 0 unspecified atom stereocenters. The third-order valence-corrected chi connectivity index (χ3v) is 3.56. The van der Waals surface area contributed by atoms with E-state index in [1.165, 1.54) is 46.5 Å². The first-order chi connectivity index (χ1) is 11.5. The van der Waals surface area contributed by atoms with Crippen molar-refractivity contribution in [3.63, 3.8) is 0 Å². The Morgan fingerprint density at radius 2 is 1.12 bits per heavy atom. The molecule has 0 N–H and O–H groups in total. The van der Waals surface area contributed by atoms with Gasteiger partial charge in [-0.3, -0.25) is 4.79 Å². The van der Waals surface area contributed by atoms with Crippen molar-refractivity contribution < 1.29 is 19.1 Å². The zero-order chi connectivity index (χ0) is 18.2. The van der Waals surface area contributed by atoms with Crippen molar-refractivity contribution in [1.82, 2.24) is 0 Å². The van der Waals surface area contributed by atoms with Crippen molar-refractivity contribution in [3.8, 4) is 0 Å². The lowest BCUT2D eigenvalue weighted by atomic mass is 9.83. The molecule has 0 aromatic heterocycles. The molecule has 4 heteroatoms. The van der Waals surface area contributed by atoms with Crippen molar-refractivity contribution in [1.29, 1.82) is 0 Å². The molecule has 1 aromatic rings. The second-order valence-electron chi connectivity index (χ2n) is 6.21. The lowest BCUT2D eigenvalue weighted by Gasteiger charge is -2.27. The molecule has 1 saturated carbocycles. The van der Waals surface area contributed by atoms with Crippen LogP contribution in [0.5, 0.6) is 0 Å². The summed E-state index contributed by atoms with van der Waals surface area (Å²) in [5.41, 5.74) is 0. The molecule has 1 fully saturated rings. The van der Waals surface area contributed by atoms with Crippen LogP contribution in [0.2, 0.25) is 0 Å². The van der Waals surface area contributed by atoms with Crippen molar-refractivity contribution in [2.45, 2.75) is 53.9 Å². The zero-order valence-corrected chi connectivity index (χ0v) is 15.5. The van der Waals surface area contributed by atoms with Gasteiger partial charge in [-0.15, -0.1) is 0 Å². The molecule has 4 nitrogen and oxygen atoms in total. The molecular weight excluding hydrogens is 316 g/mol. The van der Waals surface area contributed by atoms with Gasteiger partial charge in [0.2, 0.25) is 0 Å². The quantitative estimate of drug-likeness (QED) is 0.722. The van der Waals surface area contributed by atoms with Crippen LogP contribution < -0.4 is 0 Å². The minimum absolute atomic E-state index is 0. The Labute approximate surface area is 153 Å². The lowest BCUT2D eigenvalue weighted by Crippen LogP contribution is -2.22. The van der Waals surface area contributed by atoms with Crippen LogP contribution >= 0.6 is 0 Å². The van der Waals surface area contributed by atoms with Gasteiger partial charge in [-0.2, -0.15) is 0 Å². The number of ketones is 1. The number of rotatable bonds is 4. The van der Waals surface area contributed by atoms with Crippen LogP contribution in [0.1, 0.15) is 53.9 Å². The van der Waals surface area contributed by atoms with Crippen LogP contribution in [0, 0.1) is 11.8 Å². The maximum atomic E-state index is 10.6. The SMILES string of the molecule is C.CC(C)=O.COCC1CCC(COC(C)=O)CC1.c1ccccc1. The maximum Gasteiger partial charge on any atom is 0.302 e. The summed E-state index contributed by atoms with van der Waals surface area (Å²) >= 11 is 0. The van der Waals surface area contributed by atoms with E-state index in [4.69, 9.17) is 9.47 Å². The van der Waals surface area contributed by atoms with E-state index in [2.05, 4.69) is 0 Å². The second-order valence-corrected chi connectivity index (χ2v) is 6.21. The Balaban J connectivity index is 0. The largest absolute Gasteiger partial charge is 0.466 e. The van der Waals surface area contributed by atoms with Gasteiger partial charge in [-0.05, 0) is 51.4 Å². The third-order valence-electron chi connectivity index (χ3n) is 3.56. The van der Waals surface area contributed by atoms with Gasteiger partial charge in [0.15, 0.2) is 0 Å². The molecule has 0 bridgehead atoms. The van der Waals surface area contributed by atoms with Gasteiger partial charge in [0.05, 0.1) is 6.61 Å². The second kappa shape index (κ2) is 17.2. The summed E-state index contributed by atoms with van der Waals surface area (Å²) in [5.74, 6) is 1.30. The molecule has 0 amide bonds. The fourth-order valence-corrected chi connectivity index (χ4v) is 2.42. The first-order valence-corrected chi connectivity index (χ1v) is 8.55. The normalized spacial score (nSPS) is 18.2. The van der Waals surface area contributed by atoms with E-state index in [1.807, 2.05) is 36.4 Å². The van der Waals surface area contributed by atoms with E-state index in [0.717, 1.165) is 6.61 Å². The number of carbonyl (C=O) groups is 2. The third kappa shape index (κ3) is 18.5. The molecule has 0 spiro atoms. The smallest absolute Gasteiger partial charge is 0.302 e. The molecule has 1 aliphatic carbocycles. The summed E-state index contributed by atoms with van der Waals surface area (Å²) in [6.45, 7) is 6.01. The van der Waals surface area contributed by atoms with Gasteiger partial charge in [0.25, 0.3) is 0 Å². The fourth-order valence-electron chi connectivity index (χ4n) is 2.42. The maximum absolute atomic E-state index is 10.6. The van der Waals surface area contributed by atoms with E-state index in [1.54, 1.807) is 7.11 Å². The summed E-state index contributed by atoms with van der Waals surface area (Å²) < 4.78 is 10.1. The molecule has 0 heterocycles. The van der Waals surface area contributed by atoms with E-state index in [0.29, 0.717) is 18.4 Å². The van der Waals surface area contributed by atoms with E-state index < -0.39 is 0 Å². The molecule has 1 aromatic carbocycles. The van der Waals surface area contributed by atoms with Crippen molar-refractivity contribution in [2.75, 3.05) is 20.3 Å². The molecule has 0 atom stereocenters. The van der Waals surface area contributed by atoms with Gasteiger partial charge in [0.1, 0.15) is 5.78 Å². The van der Waals surface area contributed by atoms with Crippen LogP contribution in [-0.4, -0.2) is 32.1 Å². The van der Waals surface area contributed by atoms with Crippen molar-refractivity contribution in [3.05, 3.63) is 36.4 Å². The Hall–Kier alpha value is -1.68. The highest BCUT2D eigenvalue weighted by Crippen LogP contribution is 2.28. The highest BCUT2D eigenvalue weighted by Gasteiger charge is 2.21. The first-order valence-electron chi connectivity index (χ1n) is 8.55.